The summed E-state index contributed by atoms with van der Waals surface area (Å²) in [6.07, 6.45) is 1.57. The fourth-order valence-electron chi connectivity index (χ4n) is 3.54. The molecule has 23 heavy (non-hydrogen) atoms. The molecule has 0 spiro atoms. The summed E-state index contributed by atoms with van der Waals surface area (Å²) >= 11 is 0. The lowest BCUT2D eigenvalue weighted by molar-refractivity contribution is 0.0659. The molecule has 0 unspecified atom stereocenters. The Morgan fingerprint density at radius 2 is 2.13 bits per heavy atom. The molecule has 0 amide bonds. The van der Waals surface area contributed by atoms with Crippen molar-refractivity contribution in [1.82, 2.24) is 19.2 Å². The zero-order valence-electron chi connectivity index (χ0n) is 13.0. The van der Waals surface area contributed by atoms with Crippen LogP contribution in [0.4, 0.5) is 0 Å². The van der Waals surface area contributed by atoms with E-state index in [1.54, 1.807) is 28.8 Å². The van der Waals surface area contributed by atoms with Crippen LogP contribution in [0, 0.1) is 5.92 Å². The minimum absolute atomic E-state index is 0.144. The third-order valence-electron chi connectivity index (χ3n) is 4.60. The normalized spacial score (nSPS) is 27.2. The van der Waals surface area contributed by atoms with Crippen molar-refractivity contribution < 1.29 is 13.2 Å². The van der Waals surface area contributed by atoms with Gasteiger partial charge in [-0.25, -0.2) is 13.4 Å². The number of H-pyrrole nitrogens is 1. The Kier molecular flexibility index (Phi) is 3.64. The van der Waals surface area contributed by atoms with Crippen LogP contribution in [-0.4, -0.2) is 73.5 Å². The zero-order chi connectivity index (χ0) is 16.0. The van der Waals surface area contributed by atoms with E-state index < -0.39 is 10.0 Å². The monoisotopic (exact) mass is 336 g/mol. The number of hydrogen-bond donors (Lipinski definition) is 1. The van der Waals surface area contributed by atoms with Crippen LogP contribution < -0.4 is 0 Å². The number of rotatable bonds is 2. The number of benzene rings is 1. The van der Waals surface area contributed by atoms with E-state index in [0.717, 1.165) is 17.6 Å². The Morgan fingerprint density at radius 3 is 3.00 bits per heavy atom. The summed E-state index contributed by atoms with van der Waals surface area (Å²) in [6, 6.07) is 4.90. The maximum Gasteiger partial charge on any atom is 0.243 e. The Hall–Kier alpha value is -1.48. The van der Waals surface area contributed by atoms with Gasteiger partial charge in [0, 0.05) is 25.6 Å². The van der Waals surface area contributed by atoms with Crippen molar-refractivity contribution in [2.75, 3.05) is 39.9 Å². The molecule has 2 fully saturated rings. The van der Waals surface area contributed by atoms with Crippen molar-refractivity contribution in [3.05, 3.63) is 24.5 Å². The molecular weight excluding hydrogens is 316 g/mol. The average molecular weight is 336 g/mol. The number of imidazole rings is 1. The summed E-state index contributed by atoms with van der Waals surface area (Å²) in [6.45, 7) is 3.14. The van der Waals surface area contributed by atoms with Gasteiger partial charge in [-0.15, -0.1) is 0 Å². The molecule has 2 aliphatic rings. The van der Waals surface area contributed by atoms with Crippen molar-refractivity contribution in [2.24, 2.45) is 5.92 Å². The lowest BCUT2D eigenvalue weighted by Crippen LogP contribution is -2.45. The predicted octanol–water partition coefficient (Wildman–Crippen LogP) is 0.514. The second kappa shape index (κ2) is 5.55. The number of ether oxygens (including phenoxy) is 1. The van der Waals surface area contributed by atoms with Gasteiger partial charge < -0.3 is 14.6 Å². The summed E-state index contributed by atoms with van der Waals surface area (Å²) in [5.74, 6) is 0.207. The number of sulfonamides is 1. The highest BCUT2D eigenvalue weighted by Crippen LogP contribution is 2.27. The van der Waals surface area contributed by atoms with E-state index in [0.29, 0.717) is 31.2 Å². The van der Waals surface area contributed by atoms with E-state index in [1.807, 2.05) is 7.05 Å². The van der Waals surface area contributed by atoms with Gasteiger partial charge in [-0.3, -0.25) is 0 Å². The number of hydrogen-bond acceptors (Lipinski definition) is 5. The van der Waals surface area contributed by atoms with Crippen LogP contribution >= 0.6 is 0 Å². The number of aromatic nitrogens is 2. The fourth-order valence-corrected chi connectivity index (χ4v) is 5.25. The van der Waals surface area contributed by atoms with Crippen molar-refractivity contribution >= 4 is 21.1 Å². The average Bonchev–Trinajstić information content (AvgIpc) is 2.80. The van der Waals surface area contributed by atoms with Crippen LogP contribution in [-0.2, 0) is 14.8 Å². The first-order chi connectivity index (χ1) is 11.0. The molecule has 0 aliphatic carbocycles. The molecule has 0 radical (unpaired) electrons. The molecule has 0 saturated carbocycles. The van der Waals surface area contributed by atoms with Crippen LogP contribution in [0.3, 0.4) is 0 Å². The molecule has 1 aromatic carbocycles. The van der Waals surface area contributed by atoms with E-state index >= 15 is 0 Å². The van der Waals surface area contributed by atoms with Crippen molar-refractivity contribution in [2.45, 2.75) is 10.9 Å². The molecule has 2 aromatic rings. The topological polar surface area (TPSA) is 78.5 Å². The highest BCUT2D eigenvalue weighted by atomic mass is 32.2. The standard InChI is InChI=1S/C15H20N4O3S/c1-18-5-11-6-19(12(7-18)9-22-8-11)23(20,21)13-2-3-14-15(4-13)17-10-16-14/h2-4,10-12H,5-9H2,1H3,(H,16,17)/t11-,12-/m0/s1. The van der Waals surface area contributed by atoms with Crippen molar-refractivity contribution in [1.29, 1.82) is 0 Å². The summed E-state index contributed by atoms with van der Waals surface area (Å²) in [5.41, 5.74) is 1.50. The molecule has 2 atom stereocenters. The molecule has 1 N–H and O–H groups in total. The second-order valence-electron chi connectivity index (χ2n) is 6.43. The lowest BCUT2D eigenvalue weighted by Gasteiger charge is -2.29. The molecular formula is C15H20N4O3S. The highest BCUT2D eigenvalue weighted by molar-refractivity contribution is 7.89. The van der Waals surface area contributed by atoms with Crippen LogP contribution in [0.15, 0.2) is 29.4 Å². The number of likely N-dealkylation sites (N-methyl/N-ethyl adjacent to an activating group) is 1. The van der Waals surface area contributed by atoms with E-state index in [4.69, 9.17) is 4.74 Å². The van der Waals surface area contributed by atoms with E-state index in [1.165, 1.54) is 0 Å². The minimum Gasteiger partial charge on any atom is -0.379 e. The van der Waals surface area contributed by atoms with E-state index in [9.17, 15) is 8.42 Å². The van der Waals surface area contributed by atoms with Gasteiger partial charge in [0.1, 0.15) is 0 Å². The van der Waals surface area contributed by atoms with Gasteiger partial charge >= 0.3 is 0 Å². The van der Waals surface area contributed by atoms with Crippen LogP contribution in [0.2, 0.25) is 0 Å². The van der Waals surface area contributed by atoms with Crippen LogP contribution in [0.1, 0.15) is 0 Å². The summed E-state index contributed by atoms with van der Waals surface area (Å²) in [4.78, 5) is 9.63. The van der Waals surface area contributed by atoms with Crippen molar-refractivity contribution in [3.63, 3.8) is 0 Å². The first-order valence-corrected chi connectivity index (χ1v) is 9.19. The fraction of sp³-hybridized carbons (Fsp3) is 0.533. The minimum atomic E-state index is -3.55. The maximum absolute atomic E-state index is 13.2. The number of aromatic amines is 1. The largest absolute Gasteiger partial charge is 0.379 e. The molecule has 2 saturated heterocycles. The van der Waals surface area contributed by atoms with Gasteiger partial charge in [0.25, 0.3) is 0 Å². The smallest absolute Gasteiger partial charge is 0.243 e. The first-order valence-electron chi connectivity index (χ1n) is 7.75. The quantitative estimate of drug-likeness (QED) is 0.865. The Morgan fingerprint density at radius 1 is 1.26 bits per heavy atom. The van der Waals surface area contributed by atoms with Crippen LogP contribution in [0.25, 0.3) is 11.0 Å². The number of fused-ring (bicyclic) bond motifs is 4. The number of nitrogens with zero attached hydrogens (tertiary/aromatic N) is 3. The third-order valence-corrected chi connectivity index (χ3v) is 6.51. The zero-order valence-corrected chi connectivity index (χ0v) is 13.8. The molecule has 124 valence electrons. The molecule has 1 aromatic heterocycles. The molecule has 2 aliphatic heterocycles. The Labute approximate surface area is 135 Å². The van der Waals surface area contributed by atoms with Gasteiger partial charge in [-0.05, 0) is 25.2 Å². The van der Waals surface area contributed by atoms with Gasteiger partial charge in [0.15, 0.2) is 0 Å². The molecule has 3 heterocycles. The molecule has 2 bridgehead atoms. The van der Waals surface area contributed by atoms with Gasteiger partial charge in [-0.2, -0.15) is 4.31 Å². The second-order valence-corrected chi connectivity index (χ2v) is 8.33. The highest BCUT2D eigenvalue weighted by Gasteiger charge is 2.39. The molecule has 7 nitrogen and oxygen atoms in total. The Balaban J connectivity index is 1.74. The maximum atomic E-state index is 13.2. The van der Waals surface area contributed by atoms with Crippen LogP contribution in [0.5, 0.6) is 0 Å². The predicted molar refractivity (Wildman–Crippen MR) is 85.6 cm³/mol. The summed E-state index contributed by atoms with van der Waals surface area (Å²) < 4.78 is 33.7. The molecule has 4 rings (SSSR count). The van der Waals surface area contributed by atoms with E-state index in [2.05, 4.69) is 14.9 Å². The van der Waals surface area contributed by atoms with Gasteiger partial charge in [0.2, 0.25) is 10.0 Å². The SMILES string of the molecule is CN1C[C@@H]2COC[C@H](C1)N(S(=O)(=O)c1ccc3nc[nH]c3c1)C2. The number of nitrogens with one attached hydrogen (secondary N) is 1. The van der Waals surface area contributed by atoms with Gasteiger partial charge in [0.05, 0.1) is 41.5 Å². The summed E-state index contributed by atoms with van der Waals surface area (Å²) in [7, 11) is -1.51. The first kappa shape index (κ1) is 15.1. The van der Waals surface area contributed by atoms with Crippen molar-refractivity contribution in [3.8, 4) is 0 Å². The summed E-state index contributed by atoms with van der Waals surface area (Å²) in [5, 5.41) is 0. The van der Waals surface area contributed by atoms with Gasteiger partial charge in [-0.1, -0.05) is 0 Å². The lowest BCUT2D eigenvalue weighted by atomic mass is 10.1. The Bertz CT molecular complexity index is 819. The van der Waals surface area contributed by atoms with E-state index in [-0.39, 0.29) is 12.0 Å². The molecule has 8 heteroatoms. The third kappa shape index (κ3) is 2.65.